The number of alkyl halides is 1. The van der Waals surface area contributed by atoms with Gasteiger partial charge in [-0.2, -0.15) is 4.68 Å². The first kappa shape index (κ1) is 22.0. The third-order valence-electron chi connectivity index (χ3n) is 6.20. The Morgan fingerprint density at radius 2 is 1.84 bits per heavy atom. The fourth-order valence-corrected chi connectivity index (χ4v) is 5.21. The number of fused-ring (bicyclic) bond motifs is 1. The minimum atomic E-state index is -3.85. The van der Waals surface area contributed by atoms with Gasteiger partial charge in [0.25, 0.3) is 11.5 Å². The molecule has 2 aliphatic carbocycles. The molecule has 1 N–H and O–H groups in total. The van der Waals surface area contributed by atoms with Gasteiger partial charge in [-0.3, -0.25) is 14.2 Å². The molecule has 1 aromatic heterocycles. The lowest BCUT2D eigenvalue weighted by Crippen LogP contribution is -2.54. The van der Waals surface area contributed by atoms with Crippen molar-refractivity contribution in [1.82, 2.24) is 14.0 Å². The zero-order valence-corrected chi connectivity index (χ0v) is 19.2. The van der Waals surface area contributed by atoms with Crippen LogP contribution in [0.15, 0.2) is 32.7 Å². The van der Waals surface area contributed by atoms with Crippen LogP contribution in [0.1, 0.15) is 39.5 Å². The summed E-state index contributed by atoms with van der Waals surface area (Å²) >= 11 is 5.63. The summed E-state index contributed by atoms with van der Waals surface area (Å²) in [5, 5.41) is 0.926. The number of rotatable bonds is 7. The highest BCUT2D eigenvalue weighted by atomic mass is 35.5. The highest BCUT2D eigenvalue weighted by molar-refractivity contribution is 7.89. The molecular weight excluding hydrogens is 444 g/mol. The summed E-state index contributed by atoms with van der Waals surface area (Å²) in [5.41, 5.74) is -1.65. The molecule has 0 radical (unpaired) electrons. The fraction of sp³-hybridized carbons (Fsp3) is 0.550. The number of nitrogens with one attached hydrogen (secondary N) is 1. The van der Waals surface area contributed by atoms with Gasteiger partial charge in [-0.15, -0.1) is 11.6 Å². The number of sulfonamides is 1. The number of nitrogens with zero attached hydrogens (tertiary/aromatic N) is 3. The normalized spacial score (nSPS) is 18.7. The Labute approximate surface area is 184 Å². The summed E-state index contributed by atoms with van der Waals surface area (Å²) in [6, 6.07) is 4.16. The minimum absolute atomic E-state index is 0.0434. The molecule has 0 spiro atoms. The molecule has 31 heavy (non-hydrogen) atoms. The third-order valence-corrected chi connectivity index (χ3v) is 8.07. The molecule has 0 bridgehead atoms. The second kappa shape index (κ2) is 7.18. The summed E-state index contributed by atoms with van der Waals surface area (Å²) in [5.74, 6) is -1.04. The van der Waals surface area contributed by atoms with E-state index < -0.39 is 38.6 Å². The van der Waals surface area contributed by atoms with Gasteiger partial charge in [-0.1, -0.05) is 6.92 Å². The topological polar surface area (TPSA) is 110 Å². The molecule has 1 amide bonds. The van der Waals surface area contributed by atoms with Gasteiger partial charge in [0.15, 0.2) is 0 Å². The maximum absolute atomic E-state index is 13.2. The van der Waals surface area contributed by atoms with E-state index in [1.807, 2.05) is 13.8 Å². The van der Waals surface area contributed by atoms with E-state index in [9.17, 15) is 22.8 Å². The van der Waals surface area contributed by atoms with Crippen molar-refractivity contribution < 1.29 is 13.2 Å². The molecule has 1 aromatic carbocycles. The van der Waals surface area contributed by atoms with E-state index in [2.05, 4.69) is 4.72 Å². The van der Waals surface area contributed by atoms with E-state index in [1.54, 1.807) is 0 Å². The predicted octanol–water partition coefficient (Wildman–Crippen LogP) is 1.13. The number of aromatic nitrogens is 2. The molecule has 0 atom stereocenters. The van der Waals surface area contributed by atoms with Crippen LogP contribution in [0.3, 0.4) is 0 Å². The maximum Gasteiger partial charge on any atom is 0.351 e. The van der Waals surface area contributed by atoms with Crippen molar-refractivity contribution in [1.29, 1.82) is 0 Å². The van der Waals surface area contributed by atoms with Crippen LogP contribution in [-0.2, 0) is 21.4 Å². The van der Waals surface area contributed by atoms with Crippen LogP contribution >= 0.6 is 11.6 Å². The number of hydrogen-bond acceptors (Lipinski definition) is 5. The van der Waals surface area contributed by atoms with Gasteiger partial charge >= 0.3 is 5.69 Å². The highest BCUT2D eigenvalue weighted by Crippen LogP contribution is 2.46. The fourth-order valence-electron chi connectivity index (χ4n) is 3.55. The SMILES string of the molecule is CN(C(=O)CCl)n1c(=O)c2cc(S(=O)(=O)NC3(C)CC3)ccc2n(CC2(C)CC2)c1=O. The molecule has 2 aliphatic rings. The molecule has 0 saturated heterocycles. The number of carbonyl (C=O) groups excluding carboxylic acids is 1. The van der Waals surface area contributed by atoms with Crippen LogP contribution in [0.5, 0.6) is 0 Å². The van der Waals surface area contributed by atoms with Crippen LogP contribution in [0, 0.1) is 5.41 Å². The van der Waals surface area contributed by atoms with E-state index in [-0.39, 0.29) is 15.7 Å². The van der Waals surface area contributed by atoms with Crippen molar-refractivity contribution >= 4 is 38.4 Å². The number of benzene rings is 1. The lowest BCUT2D eigenvalue weighted by atomic mass is 10.1. The average molecular weight is 469 g/mol. The zero-order chi connectivity index (χ0) is 22.8. The lowest BCUT2D eigenvalue weighted by molar-refractivity contribution is -0.117. The van der Waals surface area contributed by atoms with Gasteiger partial charge in [0.1, 0.15) is 5.88 Å². The standard InChI is InChI=1S/C20H25ClN4O5S/c1-19(6-7-19)12-24-15-5-4-13(31(29,30)22-20(2)8-9-20)10-14(15)17(27)25(18(24)28)23(3)16(26)11-21/h4-5,10,22H,6-9,11-12H2,1-3H3. The first-order valence-electron chi connectivity index (χ1n) is 10.1. The van der Waals surface area contributed by atoms with Crippen molar-refractivity contribution in [3.8, 4) is 0 Å². The first-order valence-corrected chi connectivity index (χ1v) is 12.1. The van der Waals surface area contributed by atoms with E-state index in [0.29, 0.717) is 12.1 Å². The highest BCUT2D eigenvalue weighted by Gasteiger charge is 2.41. The Balaban J connectivity index is 1.94. The maximum atomic E-state index is 13.2. The van der Waals surface area contributed by atoms with Crippen molar-refractivity contribution in [2.45, 2.75) is 56.5 Å². The van der Waals surface area contributed by atoms with Gasteiger partial charge in [-0.25, -0.2) is 22.9 Å². The molecule has 9 nitrogen and oxygen atoms in total. The Morgan fingerprint density at radius 1 is 1.19 bits per heavy atom. The van der Waals surface area contributed by atoms with Crippen molar-refractivity contribution in [3.05, 3.63) is 39.0 Å². The summed E-state index contributed by atoms with van der Waals surface area (Å²) in [4.78, 5) is 38.5. The Morgan fingerprint density at radius 3 is 2.39 bits per heavy atom. The summed E-state index contributed by atoms with van der Waals surface area (Å²) in [6.07, 6.45) is 3.36. The van der Waals surface area contributed by atoms with Gasteiger partial charge in [-0.05, 0) is 56.2 Å². The zero-order valence-electron chi connectivity index (χ0n) is 17.6. The van der Waals surface area contributed by atoms with Crippen LogP contribution in [0.25, 0.3) is 10.9 Å². The van der Waals surface area contributed by atoms with E-state index in [4.69, 9.17) is 11.6 Å². The van der Waals surface area contributed by atoms with E-state index in [0.717, 1.165) is 35.4 Å². The van der Waals surface area contributed by atoms with Gasteiger partial charge in [0, 0.05) is 19.1 Å². The van der Waals surface area contributed by atoms with Gasteiger partial charge in [0.2, 0.25) is 10.0 Å². The molecule has 2 aromatic rings. The van der Waals surface area contributed by atoms with Gasteiger partial charge in [0.05, 0.1) is 15.8 Å². The monoisotopic (exact) mass is 468 g/mol. The quantitative estimate of drug-likeness (QED) is 0.612. The number of halogens is 1. The minimum Gasteiger partial charge on any atom is -0.291 e. The number of amides is 1. The Bertz CT molecular complexity index is 1310. The van der Waals surface area contributed by atoms with Crippen molar-refractivity contribution in [3.63, 3.8) is 0 Å². The van der Waals surface area contributed by atoms with E-state index in [1.165, 1.54) is 29.8 Å². The van der Waals surface area contributed by atoms with Crippen LogP contribution in [-0.4, -0.2) is 42.0 Å². The molecule has 2 saturated carbocycles. The second-order valence-electron chi connectivity index (χ2n) is 9.19. The van der Waals surface area contributed by atoms with Gasteiger partial charge < -0.3 is 0 Å². The third kappa shape index (κ3) is 4.04. The summed E-state index contributed by atoms with van der Waals surface area (Å²) < 4.78 is 30.5. The second-order valence-corrected chi connectivity index (χ2v) is 11.1. The van der Waals surface area contributed by atoms with Crippen LogP contribution in [0.2, 0.25) is 0 Å². The van der Waals surface area contributed by atoms with E-state index >= 15 is 0 Å². The average Bonchev–Trinajstić information content (AvgIpc) is 3.63. The molecular formula is C20H25ClN4O5S. The lowest BCUT2D eigenvalue weighted by Gasteiger charge is -2.22. The smallest absolute Gasteiger partial charge is 0.291 e. The molecule has 2 fully saturated rings. The molecule has 1 heterocycles. The molecule has 0 aliphatic heterocycles. The summed E-state index contributed by atoms with van der Waals surface area (Å²) in [7, 11) is -2.56. The molecule has 4 rings (SSSR count). The molecule has 168 valence electrons. The van der Waals surface area contributed by atoms with Crippen LogP contribution in [0.4, 0.5) is 0 Å². The number of hydrogen-bond donors (Lipinski definition) is 1. The predicted molar refractivity (Wildman–Crippen MR) is 118 cm³/mol. The summed E-state index contributed by atoms with van der Waals surface area (Å²) in [6.45, 7) is 4.21. The Kier molecular flexibility index (Phi) is 5.10. The van der Waals surface area contributed by atoms with Crippen molar-refractivity contribution in [2.24, 2.45) is 5.41 Å². The van der Waals surface area contributed by atoms with Crippen LogP contribution < -0.4 is 21.0 Å². The molecule has 11 heteroatoms. The largest absolute Gasteiger partial charge is 0.351 e. The first-order chi connectivity index (χ1) is 14.4. The number of carbonyl (C=O) groups is 1. The Hall–Kier alpha value is -2.17. The molecule has 0 unspecified atom stereocenters. The van der Waals surface area contributed by atoms with Crippen molar-refractivity contribution in [2.75, 3.05) is 17.9 Å².